The molecule has 1 heterocycles. The fourth-order valence-corrected chi connectivity index (χ4v) is 2.32. The van der Waals surface area contributed by atoms with Crippen molar-refractivity contribution in [3.05, 3.63) is 45.6 Å². The lowest BCUT2D eigenvalue weighted by Gasteiger charge is -2.07. The van der Waals surface area contributed by atoms with Gasteiger partial charge in [-0.25, -0.2) is 4.79 Å². The number of nitrogens with zero attached hydrogens (tertiary/aromatic N) is 1. The van der Waals surface area contributed by atoms with Crippen molar-refractivity contribution < 1.29 is 19.4 Å². The zero-order valence-corrected chi connectivity index (χ0v) is 11.4. The average molecular weight is 289 g/mol. The Kier molecular flexibility index (Phi) is 4.23. The van der Waals surface area contributed by atoms with Crippen molar-refractivity contribution in [2.75, 3.05) is 7.11 Å². The molecule has 1 aromatic heterocycles. The molecule has 2 rings (SSSR count). The quantitative estimate of drug-likeness (QED) is 0.915. The van der Waals surface area contributed by atoms with Crippen LogP contribution < -0.4 is 9.47 Å². The van der Waals surface area contributed by atoms with Crippen LogP contribution in [0.15, 0.2) is 30.3 Å². The van der Waals surface area contributed by atoms with Crippen LogP contribution in [0.3, 0.4) is 0 Å². The summed E-state index contributed by atoms with van der Waals surface area (Å²) in [4.78, 5) is 11.8. The molecule has 0 unspecified atom stereocenters. The van der Waals surface area contributed by atoms with E-state index in [1.165, 1.54) is 13.2 Å². The van der Waals surface area contributed by atoms with E-state index < -0.39 is 5.97 Å². The van der Waals surface area contributed by atoms with Crippen LogP contribution in [-0.2, 0) is 6.61 Å². The number of hydrogen-bond donors (Lipinski definition) is 1. The Labute approximate surface area is 119 Å². The van der Waals surface area contributed by atoms with Crippen molar-refractivity contribution in [1.29, 1.82) is 5.26 Å². The molecular formula is C14H11NO4S. The molecule has 0 fully saturated rings. The number of ether oxygens (including phenoxy) is 2. The van der Waals surface area contributed by atoms with Gasteiger partial charge in [-0.3, -0.25) is 0 Å². The first-order valence-corrected chi connectivity index (χ1v) is 6.48. The number of benzene rings is 1. The van der Waals surface area contributed by atoms with Crippen molar-refractivity contribution in [2.45, 2.75) is 6.61 Å². The normalized spacial score (nSPS) is 9.80. The van der Waals surface area contributed by atoms with E-state index in [1.54, 1.807) is 24.3 Å². The monoisotopic (exact) mass is 289 g/mol. The van der Waals surface area contributed by atoms with Crippen LogP contribution in [0.1, 0.15) is 20.1 Å². The van der Waals surface area contributed by atoms with Crippen LogP contribution in [-0.4, -0.2) is 18.2 Å². The van der Waals surface area contributed by atoms with Crippen LogP contribution in [0.5, 0.6) is 11.5 Å². The lowest BCUT2D eigenvalue weighted by molar-refractivity contribution is 0.0702. The summed E-state index contributed by atoms with van der Waals surface area (Å²) in [6, 6.07) is 10.2. The van der Waals surface area contributed by atoms with E-state index in [-0.39, 0.29) is 11.5 Å². The molecule has 0 atom stereocenters. The van der Waals surface area contributed by atoms with E-state index in [4.69, 9.17) is 19.8 Å². The van der Waals surface area contributed by atoms with Crippen LogP contribution in [0.4, 0.5) is 0 Å². The third kappa shape index (κ3) is 3.28. The maximum absolute atomic E-state index is 10.8. The number of nitriles is 1. The zero-order chi connectivity index (χ0) is 14.5. The first-order valence-electron chi connectivity index (χ1n) is 5.66. The first-order chi connectivity index (χ1) is 9.62. The molecule has 0 aliphatic heterocycles. The Balaban J connectivity index is 2.10. The van der Waals surface area contributed by atoms with E-state index in [0.717, 1.165) is 16.2 Å². The number of rotatable bonds is 5. The number of methoxy groups -OCH3 is 1. The number of thiophene rings is 1. The lowest BCUT2D eigenvalue weighted by Crippen LogP contribution is -1.95. The molecule has 0 amide bonds. The molecule has 1 aromatic carbocycles. The summed E-state index contributed by atoms with van der Waals surface area (Å²) >= 11 is 1.16. The van der Waals surface area contributed by atoms with Crippen LogP contribution in [0.2, 0.25) is 0 Å². The van der Waals surface area contributed by atoms with Crippen LogP contribution >= 0.6 is 11.3 Å². The Hall–Kier alpha value is -2.52. The van der Waals surface area contributed by atoms with Crippen LogP contribution in [0, 0.1) is 11.3 Å². The van der Waals surface area contributed by atoms with Crippen molar-refractivity contribution in [3.63, 3.8) is 0 Å². The summed E-state index contributed by atoms with van der Waals surface area (Å²) in [5.41, 5.74) is 0.441. The number of hydrogen-bond acceptors (Lipinski definition) is 5. The molecule has 0 spiro atoms. The Bertz CT molecular complexity index is 672. The smallest absolute Gasteiger partial charge is 0.345 e. The van der Waals surface area contributed by atoms with Gasteiger partial charge in [0.15, 0.2) is 0 Å². The van der Waals surface area contributed by atoms with Gasteiger partial charge in [-0.1, -0.05) is 0 Å². The Morgan fingerprint density at radius 2 is 2.10 bits per heavy atom. The number of aromatic carboxylic acids is 1. The summed E-state index contributed by atoms with van der Waals surface area (Å²) in [5, 5.41) is 17.7. The molecule has 5 nitrogen and oxygen atoms in total. The highest BCUT2D eigenvalue weighted by atomic mass is 32.1. The number of carbonyl (C=O) groups is 1. The SMILES string of the molecule is COc1cc(C#N)cc(OCc2ccc(C(=O)O)s2)c1. The maximum Gasteiger partial charge on any atom is 0.345 e. The third-order valence-electron chi connectivity index (χ3n) is 2.50. The van der Waals surface area contributed by atoms with Crippen LogP contribution in [0.25, 0.3) is 0 Å². The van der Waals surface area contributed by atoms with Gasteiger partial charge in [-0.2, -0.15) is 5.26 Å². The average Bonchev–Trinajstić information content (AvgIpc) is 2.93. The summed E-state index contributed by atoms with van der Waals surface area (Å²) < 4.78 is 10.6. The predicted molar refractivity (Wildman–Crippen MR) is 73.3 cm³/mol. The van der Waals surface area contributed by atoms with Gasteiger partial charge >= 0.3 is 5.97 Å². The lowest BCUT2D eigenvalue weighted by atomic mass is 10.2. The fourth-order valence-electron chi connectivity index (χ4n) is 1.56. The molecule has 0 saturated heterocycles. The zero-order valence-electron chi connectivity index (χ0n) is 10.6. The van der Waals surface area contributed by atoms with Gasteiger partial charge in [0.2, 0.25) is 0 Å². The molecule has 6 heteroatoms. The largest absolute Gasteiger partial charge is 0.497 e. The highest BCUT2D eigenvalue weighted by Gasteiger charge is 2.08. The second kappa shape index (κ2) is 6.08. The van der Waals surface area contributed by atoms with E-state index in [1.807, 2.05) is 6.07 Å². The summed E-state index contributed by atoms with van der Waals surface area (Å²) in [7, 11) is 1.51. The van der Waals surface area contributed by atoms with Gasteiger partial charge in [0.1, 0.15) is 23.0 Å². The second-order valence-corrected chi connectivity index (χ2v) is 5.04. The van der Waals surface area contributed by atoms with Gasteiger partial charge in [-0.15, -0.1) is 11.3 Å². The first kappa shape index (κ1) is 13.9. The molecule has 2 aromatic rings. The molecular weight excluding hydrogens is 278 g/mol. The van der Waals surface area contributed by atoms with Gasteiger partial charge in [0, 0.05) is 10.9 Å². The Morgan fingerprint density at radius 3 is 2.70 bits per heavy atom. The molecule has 0 aliphatic rings. The third-order valence-corrected chi connectivity index (χ3v) is 3.55. The minimum Gasteiger partial charge on any atom is -0.497 e. The van der Waals surface area contributed by atoms with Gasteiger partial charge in [0.05, 0.1) is 18.7 Å². The van der Waals surface area contributed by atoms with Gasteiger partial charge < -0.3 is 14.6 Å². The van der Waals surface area contributed by atoms with Crippen molar-refractivity contribution in [2.24, 2.45) is 0 Å². The van der Waals surface area contributed by atoms with Crippen molar-refractivity contribution >= 4 is 17.3 Å². The number of carboxylic acid groups (broad SMARTS) is 1. The molecule has 20 heavy (non-hydrogen) atoms. The number of carboxylic acids is 1. The summed E-state index contributed by atoms with van der Waals surface area (Å²) in [5.74, 6) is 0.0945. The van der Waals surface area contributed by atoms with Crippen molar-refractivity contribution in [1.82, 2.24) is 0 Å². The van der Waals surface area contributed by atoms with Crippen molar-refractivity contribution in [3.8, 4) is 17.6 Å². The van der Waals surface area contributed by atoms with E-state index >= 15 is 0 Å². The fraction of sp³-hybridized carbons (Fsp3) is 0.143. The van der Waals surface area contributed by atoms with Gasteiger partial charge in [-0.05, 0) is 24.3 Å². The standard InChI is InChI=1S/C14H11NO4S/c1-18-10-4-9(7-15)5-11(6-10)19-8-12-2-3-13(20-12)14(16)17/h2-6H,8H2,1H3,(H,16,17). The minimum atomic E-state index is -0.950. The second-order valence-electron chi connectivity index (χ2n) is 3.87. The van der Waals surface area contributed by atoms with Gasteiger partial charge in [0.25, 0.3) is 0 Å². The molecule has 1 N–H and O–H groups in total. The minimum absolute atomic E-state index is 0.246. The van der Waals surface area contributed by atoms with E-state index in [9.17, 15) is 4.79 Å². The molecule has 0 bridgehead atoms. The molecule has 0 aliphatic carbocycles. The highest BCUT2D eigenvalue weighted by molar-refractivity contribution is 7.13. The molecule has 0 saturated carbocycles. The predicted octanol–water partition coefficient (Wildman–Crippen LogP) is 2.91. The Morgan fingerprint density at radius 1 is 1.35 bits per heavy atom. The molecule has 102 valence electrons. The topological polar surface area (TPSA) is 79.5 Å². The maximum atomic E-state index is 10.8. The van der Waals surface area contributed by atoms with E-state index in [2.05, 4.69) is 0 Å². The summed E-state index contributed by atoms with van der Waals surface area (Å²) in [6.45, 7) is 0.246. The summed E-state index contributed by atoms with van der Waals surface area (Å²) in [6.07, 6.45) is 0. The molecule has 0 radical (unpaired) electrons. The van der Waals surface area contributed by atoms with E-state index in [0.29, 0.717) is 17.1 Å². The highest BCUT2D eigenvalue weighted by Crippen LogP contribution is 2.24.